The molecule has 1 aromatic heterocycles. The monoisotopic (exact) mass is 474 g/mol. The summed E-state index contributed by atoms with van der Waals surface area (Å²) in [5.74, 6) is 0.190. The SMILES string of the molecule is CN=C(NCc1cc(C(C)C)no1)NC1CCCC(C(F)(F)F)C1.I. The van der Waals surface area contributed by atoms with Crippen LogP contribution in [0, 0.1) is 5.92 Å². The average molecular weight is 474 g/mol. The summed E-state index contributed by atoms with van der Waals surface area (Å²) in [6.45, 7) is 4.43. The van der Waals surface area contributed by atoms with E-state index in [2.05, 4.69) is 20.8 Å². The van der Waals surface area contributed by atoms with Gasteiger partial charge in [0, 0.05) is 19.2 Å². The second-order valence-electron chi connectivity index (χ2n) is 6.54. The van der Waals surface area contributed by atoms with E-state index in [9.17, 15) is 13.2 Å². The molecule has 2 rings (SSSR count). The summed E-state index contributed by atoms with van der Waals surface area (Å²) < 4.78 is 43.9. The summed E-state index contributed by atoms with van der Waals surface area (Å²) in [6.07, 6.45) is -2.54. The molecule has 1 aliphatic rings. The van der Waals surface area contributed by atoms with Crippen LogP contribution in [0.15, 0.2) is 15.6 Å². The quantitative estimate of drug-likeness (QED) is 0.390. The van der Waals surface area contributed by atoms with Crippen molar-refractivity contribution in [3.63, 3.8) is 0 Å². The number of guanidine groups is 1. The minimum absolute atomic E-state index is 0. The molecule has 144 valence electrons. The maximum Gasteiger partial charge on any atom is 0.391 e. The van der Waals surface area contributed by atoms with E-state index in [1.165, 1.54) is 0 Å². The zero-order valence-corrected chi connectivity index (χ0v) is 17.0. The van der Waals surface area contributed by atoms with E-state index >= 15 is 0 Å². The van der Waals surface area contributed by atoms with Crippen LogP contribution in [0.4, 0.5) is 13.2 Å². The van der Waals surface area contributed by atoms with Crippen molar-refractivity contribution in [3.8, 4) is 0 Å². The van der Waals surface area contributed by atoms with Crippen LogP contribution < -0.4 is 10.6 Å². The standard InChI is InChI=1S/C16H25F3N4O.HI/c1-10(2)14-8-13(24-23-14)9-21-15(20-3)22-12-6-4-5-11(7-12)16(17,18)19;/h8,10-12H,4-7,9H2,1-3H3,(H2,20,21,22);1H. The van der Waals surface area contributed by atoms with Crippen molar-refractivity contribution < 1.29 is 17.7 Å². The molecule has 25 heavy (non-hydrogen) atoms. The molecule has 0 bridgehead atoms. The fourth-order valence-electron chi connectivity index (χ4n) is 2.86. The summed E-state index contributed by atoms with van der Waals surface area (Å²) in [4.78, 5) is 4.08. The van der Waals surface area contributed by atoms with Gasteiger partial charge in [-0.3, -0.25) is 4.99 Å². The zero-order valence-electron chi connectivity index (χ0n) is 14.7. The largest absolute Gasteiger partial charge is 0.391 e. The van der Waals surface area contributed by atoms with E-state index in [1.807, 2.05) is 19.9 Å². The van der Waals surface area contributed by atoms with Crippen LogP contribution in [-0.2, 0) is 6.54 Å². The predicted octanol–water partition coefficient (Wildman–Crippen LogP) is 4.20. The number of hydrogen-bond donors (Lipinski definition) is 2. The minimum atomic E-state index is -4.12. The third-order valence-electron chi connectivity index (χ3n) is 4.30. The molecule has 1 aromatic rings. The summed E-state index contributed by atoms with van der Waals surface area (Å²) in [5, 5.41) is 10.1. The highest BCUT2D eigenvalue weighted by Gasteiger charge is 2.42. The van der Waals surface area contributed by atoms with Crippen LogP contribution >= 0.6 is 24.0 Å². The highest BCUT2D eigenvalue weighted by Crippen LogP contribution is 2.37. The van der Waals surface area contributed by atoms with E-state index < -0.39 is 12.1 Å². The lowest BCUT2D eigenvalue weighted by Gasteiger charge is -2.31. The molecule has 0 radical (unpaired) electrons. The topological polar surface area (TPSA) is 62.5 Å². The molecule has 1 aliphatic carbocycles. The first-order valence-electron chi connectivity index (χ1n) is 8.29. The first-order valence-corrected chi connectivity index (χ1v) is 8.29. The van der Waals surface area contributed by atoms with Gasteiger partial charge in [-0.1, -0.05) is 25.4 Å². The first kappa shape index (κ1) is 22.0. The van der Waals surface area contributed by atoms with Crippen LogP contribution in [0.1, 0.15) is 56.9 Å². The minimum Gasteiger partial charge on any atom is -0.359 e. The van der Waals surface area contributed by atoms with Gasteiger partial charge >= 0.3 is 6.18 Å². The van der Waals surface area contributed by atoms with Gasteiger partial charge in [0.05, 0.1) is 18.2 Å². The Hall–Kier alpha value is -1.00. The van der Waals surface area contributed by atoms with Gasteiger partial charge in [0.25, 0.3) is 0 Å². The van der Waals surface area contributed by atoms with Gasteiger partial charge < -0.3 is 15.2 Å². The van der Waals surface area contributed by atoms with Crippen LogP contribution in [0.3, 0.4) is 0 Å². The maximum absolute atomic E-state index is 12.9. The lowest BCUT2D eigenvalue weighted by molar-refractivity contribution is -0.183. The molecule has 0 amide bonds. The molecule has 9 heteroatoms. The van der Waals surface area contributed by atoms with Crippen molar-refractivity contribution in [2.75, 3.05) is 7.05 Å². The molecule has 2 atom stereocenters. The van der Waals surface area contributed by atoms with Crippen LogP contribution in [0.2, 0.25) is 0 Å². The van der Waals surface area contributed by atoms with E-state index in [0.717, 1.165) is 5.69 Å². The van der Waals surface area contributed by atoms with Crippen molar-refractivity contribution >= 4 is 29.9 Å². The fourth-order valence-corrected chi connectivity index (χ4v) is 2.86. The lowest BCUT2D eigenvalue weighted by atomic mass is 9.85. The van der Waals surface area contributed by atoms with E-state index in [-0.39, 0.29) is 48.8 Å². The predicted molar refractivity (Wildman–Crippen MR) is 101 cm³/mol. The molecule has 2 N–H and O–H groups in total. The van der Waals surface area contributed by atoms with Crippen LogP contribution in [-0.4, -0.2) is 30.4 Å². The molecule has 1 saturated carbocycles. The van der Waals surface area contributed by atoms with Crippen molar-refractivity contribution in [2.45, 2.75) is 64.2 Å². The molecule has 1 fully saturated rings. The number of halogens is 4. The normalized spacial score (nSPS) is 21.8. The molecular formula is C16H26F3IN4O. The number of aromatic nitrogens is 1. The summed E-state index contributed by atoms with van der Waals surface area (Å²) in [7, 11) is 1.60. The molecule has 2 unspecified atom stereocenters. The summed E-state index contributed by atoms with van der Waals surface area (Å²) in [6, 6.07) is 1.64. The number of alkyl halides is 3. The van der Waals surface area contributed by atoms with Crippen LogP contribution in [0.25, 0.3) is 0 Å². The Kier molecular flexibility index (Phi) is 8.49. The third-order valence-corrected chi connectivity index (χ3v) is 4.30. The lowest BCUT2D eigenvalue weighted by Crippen LogP contribution is -2.46. The Labute approximate surface area is 163 Å². The number of aliphatic imine (C=N–C) groups is 1. The first-order chi connectivity index (χ1) is 11.3. The average Bonchev–Trinajstić information content (AvgIpc) is 3.00. The van der Waals surface area contributed by atoms with Crippen molar-refractivity contribution in [3.05, 3.63) is 17.5 Å². The Morgan fingerprint density at radius 2 is 2.12 bits per heavy atom. The second kappa shape index (κ2) is 9.63. The van der Waals surface area contributed by atoms with Crippen molar-refractivity contribution in [1.82, 2.24) is 15.8 Å². The Morgan fingerprint density at radius 1 is 1.40 bits per heavy atom. The van der Waals surface area contributed by atoms with Crippen LogP contribution in [0.5, 0.6) is 0 Å². The van der Waals surface area contributed by atoms with Gasteiger partial charge in [-0.15, -0.1) is 24.0 Å². The summed E-state index contributed by atoms with van der Waals surface area (Å²) >= 11 is 0. The van der Waals surface area contributed by atoms with Crippen molar-refractivity contribution in [1.29, 1.82) is 0 Å². The Balaban J connectivity index is 0.00000312. The van der Waals surface area contributed by atoms with Gasteiger partial charge in [-0.05, 0) is 25.2 Å². The molecule has 0 aliphatic heterocycles. The molecule has 5 nitrogen and oxygen atoms in total. The van der Waals surface area contributed by atoms with Gasteiger partial charge in [-0.2, -0.15) is 13.2 Å². The van der Waals surface area contributed by atoms with Gasteiger partial charge in [-0.25, -0.2) is 0 Å². The number of nitrogens with zero attached hydrogens (tertiary/aromatic N) is 2. The van der Waals surface area contributed by atoms with Crippen molar-refractivity contribution in [2.24, 2.45) is 10.9 Å². The fraction of sp³-hybridized carbons (Fsp3) is 0.750. The highest BCUT2D eigenvalue weighted by atomic mass is 127. The van der Waals surface area contributed by atoms with Gasteiger partial charge in [0.2, 0.25) is 0 Å². The van der Waals surface area contributed by atoms with E-state index in [1.54, 1.807) is 7.05 Å². The highest BCUT2D eigenvalue weighted by molar-refractivity contribution is 14.0. The molecular weight excluding hydrogens is 448 g/mol. The third kappa shape index (κ3) is 6.67. The molecule has 0 spiro atoms. The number of rotatable bonds is 4. The Morgan fingerprint density at radius 3 is 2.68 bits per heavy atom. The second-order valence-corrected chi connectivity index (χ2v) is 6.54. The molecule has 0 saturated heterocycles. The Bertz CT molecular complexity index is 560. The summed E-state index contributed by atoms with van der Waals surface area (Å²) in [5.41, 5.74) is 0.870. The number of hydrogen-bond acceptors (Lipinski definition) is 3. The smallest absolute Gasteiger partial charge is 0.359 e. The number of nitrogens with one attached hydrogen (secondary N) is 2. The van der Waals surface area contributed by atoms with Gasteiger partial charge in [0.15, 0.2) is 11.7 Å². The van der Waals surface area contributed by atoms with E-state index in [0.29, 0.717) is 31.1 Å². The molecule has 1 heterocycles. The maximum atomic E-state index is 12.9. The zero-order chi connectivity index (χ0) is 17.7. The molecule has 0 aromatic carbocycles. The van der Waals surface area contributed by atoms with Gasteiger partial charge in [0.1, 0.15) is 0 Å². The van der Waals surface area contributed by atoms with E-state index in [4.69, 9.17) is 4.52 Å².